The standard InChI is InChI=1S/C19H16O5/c1-2-23-19(22)16-15(12-8-4-3-5-9-12)13-10-6-7-11-14(13)24-17(16)18(20)21/h3-11,17H,2H2,1H3,(H,20,21)/t17-/m0/s1. The van der Waals surface area contributed by atoms with Crippen LogP contribution in [0.3, 0.4) is 0 Å². The van der Waals surface area contributed by atoms with E-state index in [1.54, 1.807) is 25.1 Å². The third kappa shape index (κ3) is 2.76. The summed E-state index contributed by atoms with van der Waals surface area (Å²) < 4.78 is 10.7. The summed E-state index contributed by atoms with van der Waals surface area (Å²) in [7, 11) is 0. The van der Waals surface area contributed by atoms with E-state index in [4.69, 9.17) is 9.47 Å². The molecule has 0 bridgehead atoms. The summed E-state index contributed by atoms with van der Waals surface area (Å²) in [6.07, 6.45) is -1.41. The fraction of sp³-hybridized carbons (Fsp3) is 0.158. The molecule has 5 nitrogen and oxygen atoms in total. The number of hydrogen-bond donors (Lipinski definition) is 1. The second kappa shape index (κ2) is 6.58. The Kier molecular flexibility index (Phi) is 4.33. The lowest BCUT2D eigenvalue weighted by Gasteiger charge is -2.28. The van der Waals surface area contributed by atoms with E-state index in [2.05, 4.69) is 0 Å². The fourth-order valence-corrected chi connectivity index (χ4v) is 2.75. The molecule has 0 aromatic heterocycles. The highest BCUT2D eigenvalue weighted by Gasteiger charge is 2.38. The van der Waals surface area contributed by atoms with E-state index in [9.17, 15) is 14.7 Å². The number of ether oxygens (including phenoxy) is 2. The molecule has 1 N–H and O–H groups in total. The highest BCUT2D eigenvalue weighted by atomic mass is 16.5. The van der Waals surface area contributed by atoms with Crippen molar-refractivity contribution < 1.29 is 24.2 Å². The predicted octanol–water partition coefficient (Wildman–Crippen LogP) is 2.90. The van der Waals surface area contributed by atoms with Crippen molar-refractivity contribution in [2.45, 2.75) is 13.0 Å². The molecule has 0 spiro atoms. The molecule has 1 aliphatic rings. The molecule has 0 radical (unpaired) electrons. The Morgan fingerprint density at radius 1 is 1.08 bits per heavy atom. The maximum absolute atomic E-state index is 12.5. The molecule has 122 valence electrons. The minimum Gasteiger partial charge on any atom is -0.478 e. The minimum absolute atomic E-state index is 0.00856. The van der Waals surface area contributed by atoms with E-state index in [1.807, 2.05) is 36.4 Å². The number of esters is 1. The number of carbonyl (C=O) groups is 2. The predicted molar refractivity (Wildman–Crippen MR) is 87.6 cm³/mol. The largest absolute Gasteiger partial charge is 0.478 e. The molecule has 0 aliphatic carbocycles. The lowest BCUT2D eigenvalue weighted by Crippen LogP contribution is -2.37. The number of fused-ring (bicyclic) bond motifs is 1. The van der Waals surface area contributed by atoms with Crippen molar-refractivity contribution in [3.8, 4) is 5.75 Å². The number of carbonyl (C=O) groups excluding carboxylic acids is 1. The van der Waals surface area contributed by atoms with Gasteiger partial charge in [0.2, 0.25) is 6.10 Å². The first-order valence-electron chi connectivity index (χ1n) is 7.59. The Morgan fingerprint density at radius 2 is 1.75 bits per heavy atom. The van der Waals surface area contributed by atoms with E-state index < -0.39 is 18.0 Å². The van der Waals surface area contributed by atoms with Gasteiger partial charge in [-0.05, 0) is 18.6 Å². The van der Waals surface area contributed by atoms with Gasteiger partial charge >= 0.3 is 11.9 Å². The van der Waals surface area contributed by atoms with Gasteiger partial charge < -0.3 is 14.6 Å². The van der Waals surface area contributed by atoms with Crippen LogP contribution in [0.1, 0.15) is 18.1 Å². The van der Waals surface area contributed by atoms with E-state index in [-0.39, 0.29) is 12.2 Å². The third-order valence-corrected chi connectivity index (χ3v) is 3.71. The van der Waals surface area contributed by atoms with Crippen LogP contribution >= 0.6 is 0 Å². The van der Waals surface area contributed by atoms with Crippen molar-refractivity contribution in [1.29, 1.82) is 0 Å². The fourth-order valence-electron chi connectivity index (χ4n) is 2.75. The van der Waals surface area contributed by atoms with E-state index in [0.717, 1.165) is 5.56 Å². The quantitative estimate of drug-likeness (QED) is 0.876. The molecule has 24 heavy (non-hydrogen) atoms. The molecule has 1 heterocycles. The average molecular weight is 324 g/mol. The first-order valence-corrected chi connectivity index (χ1v) is 7.59. The Morgan fingerprint density at radius 3 is 2.42 bits per heavy atom. The maximum atomic E-state index is 12.5. The molecular formula is C19H16O5. The number of rotatable bonds is 4. The molecule has 3 rings (SSSR count). The number of hydrogen-bond acceptors (Lipinski definition) is 4. The van der Waals surface area contributed by atoms with Crippen LogP contribution in [-0.2, 0) is 14.3 Å². The van der Waals surface area contributed by atoms with Crippen molar-refractivity contribution in [3.63, 3.8) is 0 Å². The topological polar surface area (TPSA) is 72.8 Å². The smallest absolute Gasteiger partial charge is 0.349 e. The maximum Gasteiger partial charge on any atom is 0.349 e. The molecule has 2 aromatic rings. The molecule has 2 aromatic carbocycles. The van der Waals surface area contributed by atoms with Crippen LogP contribution in [0.25, 0.3) is 5.57 Å². The molecule has 0 saturated heterocycles. The van der Waals surface area contributed by atoms with E-state index in [0.29, 0.717) is 16.9 Å². The lowest BCUT2D eigenvalue weighted by atomic mass is 9.88. The Balaban J connectivity index is 2.31. The summed E-state index contributed by atoms with van der Waals surface area (Å²) in [5.74, 6) is -1.49. The van der Waals surface area contributed by atoms with E-state index in [1.165, 1.54) is 0 Å². The van der Waals surface area contributed by atoms with Crippen LogP contribution in [0.5, 0.6) is 5.75 Å². The first-order chi connectivity index (χ1) is 11.6. The SMILES string of the molecule is CCOC(=O)C1=C(c2ccccc2)c2ccccc2O[C@@H]1C(=O)O. The summed E-state index contributed by atoms with van der Waals surface area (Å²) in [6.45, 7) is 1.83. The van der Waals surface area contributed by atoms with Crippen LogP contribution in [0.15, 0.2) is 60.2 Å². The average Bonchev–Trinajstić information content (AvgIpc) is 2.60. The third-order valence-electron chi connectivity index (χ3n) is 3.71. The molecule has 1 atom stereocenters. The molecule has 0 fully saturated rings. The molecule has 5 heteroatoms. The van der Waals surface area contributed by atoms with Gasteiger partial charge in [-0.1, -0.05) is 48.5 Å². The molecular weight excluding hydrogens is 308 g/mol. The zero-order chi connectivity index (χ0) is 17.1. The van der Waals surface area contributed by atoms with Gasteiger partial charge in [-0.2, -0.15) is 0 Å². The highest BCUT2D eigenvalue weighted by Crippen LogP contribution is 2.40. The molecule has 0 saturated carbocycles. The second-order valence-electron chi connectivity index (χ2n) is 5.21. The van der Waals surface area contributed by atoms with Crippen LogP contribution in [0, 0.1) is 0 Å². The van der Waals surface area contributed by atoms with Gasteiger partial charge in [0.1, 0.15) is 5.75 Å². The number of carboxylic acids is 1. The van der Waals surface area contributed by atoms with Crippen LogP contribution < -0.4 is 4.74 Å². The molecule has 1 aliphatic heterocycles. The summed E-state index contributed by atoms with van der Waals surface area (Å²) in [6, 6.07) is 16.2. The molecule has 0 amide bonds. The highest BCUT2D eigenvalue weighted by molar-refractivity contribution is 6.08. The van der Waals surface area contributed by atoms with Gasteiger partial charge in [-0.15, -0.1) is 0 Å². The van der Waals surface area contributed by atoms with Crippen LogP contribution in [0.2, 0.25) is 0 Å². The Hall–Kier alpha value is -3.08. The number of carboxylic acid groups (broad SMARTS) is 1. The van der Waals surface area contributed by atoms with Crippen molar-refractivity contribution >= 4 is 17.5 Å². The summed E-state index contributed by atoms with van der Waals surface area (Å²) >= 11 is 0. The van der Waals surface area contributed by atoms with Gasteiger partial charge in [-0.25, -0.2) is 9.59 Å². The van der Waals surface area contributed by atoms with Gasteiger partial charge in [-0.3, -0.25) is 0 Å². The van der Waals surface area contributed by atoms with Crippen LogP contribution in [0.4, 0.5) is 0 Å². The zero-order valence-corrected chi connectivity index (χ0v) is 13.1. The van der Waals surface area contributed by atoms with Gasteiger partial charge in [0.15, 0.2) is 0 Å². The second-order valence-corrected chi connectivity index (χ2v) is 5.21. The van der Waals surface area contributed by atoms with Crippen LogP contribution in [-0.4, -0.2) is 29.8 Å². The van der Waals surface area contributed by atoms with Crippen molar-refractivity contribution in [1.82, 2.24) is 0 Å². The summed E-state index contributed by atoms with van der Waals surface area (Å²) in [5.41, 5.74) is 1.95. The van der Waals surface area contributed by atoms with Crippen molar-refractivity contribution in [2.75, 3.05) is 6.61 Å². The Labute approximate surface area is 139 Å². The van der Waals surface area contributed by atoms with Gasteiger partial charge in [0, 0.05) is 11.1 Å². The minimum atomic E-state index is -1.41. The summed E-state index contributed by atoms with van der Waals surface area (Å²) in [5, 5.41) is 9.55. The van der Waals surface area contributed by atoms with Gasteiger partial charge in [0.05, 0.1) is 12.2 Å². The number of benzene rings is 2. The Bertz CT molecular complexity index is 808. The lowest BCUT2D eigenvalue weighted by molar-refractivity contribution is -0.148. The first kappa shape index (κ1) is 15.8. The van der Waals surface area contributed by atoms with Crippen molar-refractivity contribution in [3.05, 3.63) is 71.3 Å². The summed E-state index contributed by atoms with van der Waals surface area (Å²) in [4.78, 5) is 24.2. The van der Waals surface area contributed by atoms with Gasteiger partial charge in [0.25, 0.3) is 0 Å². The number of para-hydroxylation sites is 1. The van der Waals surface area contributed by atoms with E-state index >= 15 is 0 Å². The van der Waals surface area contributed by atoms with Crippen molar-refractivity contribution in [2.24, 2.45) is 0 Å². The molecule has 0 unspecified atom stereocenters. The monoisotopic (exact) mass is 324 g/mol. The number of aliphatic carboxylic acids is 1. The zero-order valence-electron chi connectivity index (χ0n) is 13.1. The normalized spacial score (nSPS) is 16.1.